The van der Waals surface area contributed by atoms with Gasteiger partial charge >= 0.3 is 0 Å². The smallest absolute Gasteiger partial charge is 0.263 e. The number of nitrogens with two attached hydrogens (primary N) is 1. The highest BCUT2D eigenvalue weighted by Gasteiger charge is 2.19. The quantitative estimate of drug-likeness (QED) is 0.487. The monoisotopic (exact) mass is 372 g/mol. The van der Waals surface area contributed by atoms with Gasteiger partial charge in [-0.25, -0.2) is 18.4 Å². The van der Waals surface area contributed by atoms with E-state index in [4.69, 9.17) is 10.5 Å². The van der Waals surface area contributed by atoms with Gasteiger partial charge in [-0.05, 0) is 42.8 Å². The summed E-state index contributed by atoms with van der Waals surface area (Å²) in [4.78, 5) is 8.87. The molecule has 0 aliphatic carbocycles. The highest BCUT2D eigenvalue weighted by atomic mass is 32.2. The van der Waals surface area contributed by atoms with Crippen LogP contribution >= 0.6 is 0 Å². The summed E-state index contributed by atoms with van der Waals surface area (Å²) < 4.78 is 33.5. The minimum Gasteiger partial charge on any atom is -0.475 e. The molecule has 26 heavy (non-hydrogen) atoms. The molecule has 0 fully saturated rings. The Morgan fingerprint density at radius 1 is 1.04 bits per heavy atom. The summed E-state index contributed by atoms with van der Waals surface area (Å²) in [5.74, 6) is 0.229. The van der Waals surface area contributed by atoms with Crippen molar-refractivity contribution < 1.29 is 13.2 Å². The fourth-order valence-electron chi connectivity index (χ4n) is 2.30. The maximum absolute atomic E-state index is 12.7. The number of unbranched alkanes of at least 4 members (excludes halogenated alkanes) is 1. The SMILES string of the molecule is CCCCOc1nc2ccccc2nc1NS(=O)(=O)c1ccc(N)cc1. The first-order valence-electron chi connectivity index (χ1n) is 8.27. The highest BCUT2D eigenvalue weighted by Crippen LogP contribution is 2.26. The number of ether oxygens (including phenoxy) is 1. The molecule has 8 heteroatoms. The average Bonchev–Trinajstić information content (AvgIpc) is 2.62. The van der Waals surface area contributed by atoms with E-state index in [2.05, 4.69) is 14.7 Å². The molecule has 0 atom stereocenters. The number of sulfonamides is 1. The van der Waals surface area contributed by atoms with Crippen LogP contribution in [0.15, 0.2) is 53.4 Å². The number of benzene rings is 2. The van der Waals surface area contributed by atoms with Crippen molar-refractivity contribution >= 4 is 32.6 Å². The van der Waals surface area contributed by atoms with Gasteiger partial charge in [0.2, 0.25) is 5.82 Å². The molecule has 1 aromatic heterocycles. The van der Waals surface area contributed by atoms with E-state index < -0.39 is 10.0 Å². The van der Waals surface area contributed by atoms with Gasteiger partial charge in [-0.15, -0.1) is 0 Å². The molecule has 0 radical (unpaired) electrons. The second kappa shape index (κ2) is 7.57. The minimum atomic E-state index is -3.84. The topological polar surface area (TPSA) is 107 Å². The number of nitrogens with zero attached hydrogens (tertiary/aromatic N) is 2. The van der Waals surface area contributed by atoms with E-state index in [1.807, 2.05) is 19.1 Å². The Hall–Kier alpha value is -2.87. The fourth-order valence-corrected chi connectivity index (χ4v) is 3.30. The molecule has 0 aliphatic heterocycles. The van der Waals surface area contributed by atoms with Crippen molar-refractivity contribution in [3.63, 3.8) is 0 Å². The largest absolute Gasteiger partial charge is 0.475 e. The molecule has 1 heterocycles. The van der Waals surface area contributed by atoms with Gasteiger partial charge in [-0.1, -0.05) is 25.5 Å². The molecule has 136 valence electrons. The third-order valence-corrected chi connectivity index (χ3v) is 5.05. The maximum atomic E-state index is 12.7. The number of aromatic nitrogens is 2. The number of hydrogen-bond acceptors (Lipinski definition) is 6. The van der Waals surface area contributed by atoms with Gasteiger partial charge in [0.15, 0.2) is 0 Å². The zero-order valence-electron chi connectivity index (χ0n) is 14.3. The molecule has 3 N–H and O–H groups in total. The zero-order valence-corrected chi connectivity index (χ0v) is 15.2. The lowest BCUT2D eigenvalue weighted by molar-refractivity contribution is 0.299. The van der Waals surface area contributed by atoms with Gasteiger partial charge in [-0.2, -0.15) is 0 Å². The van der Waals surface area contributed by atoms with E-state index >= 15 is 0 Å². The summed E-state index contributed by atoms with van der Waals surface area (Å²) in [5.41, 5.74) is 7.31. The summed E-state index contributed by atoms with van der Waals surface area (Å²) >= 11 is 0. The number of hydrogen-bond donors (Lipinski definition) is 2. The summed E-state index contributed by atoms with van der Waals surface area (Å²) in [6.07, 6.45) is 1.78. The number of nitrogen functional groups attached to an aromatic ring is 1. The Balaban J connectivity index is 1.98. The second-order valence-electron chi connectivity index (χ2n) is 5.74. The van der Waals surface area contributed by atoms with Crippen LogP contribution in [0.4, 0.5) is 11.5 Å². The van der Waals surface area contributed by atoms with E-state index in [0.29, 0.717) is 23.3 Å². The fraction of sp³-hybridized carbons (Fsp3) is 0.222. The Kier molecular flexibility index (Phi) is 5.22. The number of anilines is 2. The predicted molar refractivity (Wildman–Crippen MR) is 102 cm³/mol. The van der Waals surface area contributed by atoms with Crippen LogP contribution < -0.4 is 15.2 Å². The van der Waals surface area contributed by atoms with Gasteiger partial charge in [0.05, 0.1) is 22.5 Å². The highest BCUT2D eigenvalue weighted by molar-refractivity contribution is 7.92. The van der Waals surface area contributed by atoms with E-state index in [-0.39, 0.29) is 16.6 Å². The van der Waals surface area contributed by atoms with Gasteiger partial charge < -0.3 is 10.5 Å². The first-order chi connectivity index (χ1) is 12.5. The molecule has 0 saturated heterocycles. The van der Waals surface area contributed by atoms with E-state index in [1.165, 1.54) is 24.3 Å². The third-order valence-electron chi connectivity index (χ3n) is 3.70. The molecular formula is C18H20N4O3S. The summed E-state index contributed by atoms with van der Waals surface area (Å²) in [7, 11) is -3.84. The Morgan fingerprint density at radius 3 is 2.35 bits per heavy atom. The molecular weight excluding hydrogens is 352 g/mol. The van der Waals surface area contributed by atoms with Crippen LogP contribution in [-0.2, 0) is 10.0 Å². The van der Waals surface area contributed by atoms with Crippen LogP contribution in [0.1, 0.15) is 19.8 Å². The lowest BCUT2D eigenvalue weighted by Gasteiger charge is -2.13. The molecule has 2 aromatic carbocycles. The normalized spacial score (nSPS) is 11.4. The van der Waals surface area contributed by atoms with Crippen molar-refractivity contribution in [2.24, 2.45) is 0 Å². The van der Waals surface area contributed by atoms with Crippen molar-refractivity contribution in [3.05, 3.63) is 48.5 Å². The Labute approximate surface area is 152 Å². The van der Waals surface area contributed by atoms with Crippen LogP contribution in [0.2, 0.25) is 0 Å². The van der Waals surface area contributed by atoms with Crippen LogP contribution in [0.25, 0.3) is 11.0 Å². The van der Waals surface area contributed by atoms with E-state index in [9.17, 15) is 8.42 Å². The maximum Gasteiger partial charge on any atom is 0.263 e. The number of para-hydroxylation sites is 2. The van der Waals surface area contributed by atoms with Crippen LogP contribution in [0, 0.1) is 0 Å². The molecule has 3 aromatic rings. The molecule has 0 unspecified atom stereocenters. The molecule has 0 bridgehead atoms. The van der Waals surface area contributed by atoms with Crippen LogP contribution in [-0.4, -0.2) is 25.0 Å². The lowest BCUT2D eigenvalue weighted by atomic mass is 10.3. The van der Waals surface area contributed by atoms with Crippen LogP contribution in [0.3, 0.4) is 0 Å². The molecule has 0 aliphatic rings. The average molecular weight is 372 g/mol. The first kappa shape index (κ1) is 17.9. The van der Waals surface area contributed by atoms with Crippen molar-refractivity contribution in [3.8, 4) is 5.88 Å². The Bertz CT molecular complexity index is 1000. The van der Waals surface area contributed by atoms with Crippen LogP contribution in [0.5, 0.6) is 5.88 Å². The van der Waals surface area contributed by atoms with Gasteiger partial charge in [0.25, 0.3) is 15.9 Å². The zero-order chi connectivity index (χ0) is 18.6. The third kappa shape index (κ3) is 4.02. The standard InChI is InChI=1S/C18H20N4O3S/c1-2-3-12-25-18-17(20-15-6-4-5-7-16(15)21-18)22-26(23,24)14-10-8-13(19)9-11-14/h4-11H,2-3,12,19H2,1H3,(H,20,22). The lowest BCUT2D eigenvalue weighted by Crippen LogP contribution is -2.16. The number of nitrogens with one attached hydrogen (secondary N) is 1. The predicted octanol–water partition coefficient (Wildman–Crippen LogP) is 3.19. The van der Waals surface area contributed by atoms with Crippen molar-refractivity contribution in [1.29, 1.82) is 0 Å². The van der Waals surface area contributed by atoms with Gasteiger partial charge in [-0.3, -0.25) is 4.72 Å². The number of rotatable bonds is 7. The molecule has 0 spiro atoms. The van der Waals surface area contributed by atoms with Crippen molar-refractivity contribution in [2.75, 3.05) is 17.1 Å². The molecule has 0 amide bonds. The second-order valence-corrected chi connectivity index (χ2v) is 7.43. The van der Waals surface area contributed by atoms with Crippen molar-refractivity contribution in [2.45, 2.75) is 24.7 Å². The molecule has 3 rings (SSSR count). The van der Waals surface area contributed by atoms with E-state index in [0.717, 1.165) is 12.8 Å². The Morgan fingerprint density at radius 2 is 1.69 bits per heavy atom. The summed E-state index contributed by atoms with van der Waals surface area (Å²) in [6, 6.07) is 13.1. The molecule has 0 saturated carbocycles. The van der Waals surface area contributed by atoms with E-state index in [1.54, 1.807) is 12.1 Å². The first-order valence-corrected chi connectivity index (χ1v) is 9.76. The number of fused-ring (bicyclic) bond motifs is 1. The minimum absolute atomic E-state index is 0.0663. The molecule has 7 nitrogen and oxygen atoms in total. The van der Waals surface area contributed by atoms with Crippen molar-refractivity contribution in [1.82, 2.24) is 9.97 Å². The van der Waals surface area contributed by atoms with Gasteiger partial charge in [0, 0.05) is 5.69 Å². The van der Waals surface area contributed by atoms with Gasteiger partial charge in [0.1, 0.15) is 0 Å². The summed E-state index contributed by atoms with van der Waals surface area (Å²) in [6.45, 7) is 2.47. The summed E-state index contributed by atoms with van der Waals surface area (Å²) in [5, 5.41) is 0.